The molecule has 0 saturated heterocycles. The van der Waals surface area contributed by atoms with Gasteiger partial charge in [-0.05, 0) is 0 Å². The second-order valence-electron chi connectivity index (χ2n) is 5.36. The molecule has 0 aliphatic rings. The van der Waals surface area contributed by atoms with Crippen LogP contribution in [0.2, 0.25) is 3.93 Å². The zero-order valence-electron chi connectivity index (χ0n) is 14.7. The Bertz CT molecular complexity index is 190. The third-order valence-corrected chi connectivity index (χ3v) is 22.3. The first-order chi connectivity index (χ1) is 9.00. The van der Waals surface area contributed by atoms with Gasteiger partial charge in [0.25, 0.3) is 0 Å². The monoisotopic (exact) mass is 379 g/mol. The number of hydrogen-bond donors (Lipinski definition) is 0. The molecular weight excluding hydrogens is 341 g/mol. The van der Waals surface area contributed by atoms with Crippen LogP contribution >= 0.6 is 0 Å². The van der Waals surface area contributed by atoms with E-state index in [4.69, 9.17) is 0 Å². The van der Waals surface area contributed by atoms with Crippen molar-refractivity contribution in [2.24, 2.45) is 0 Å². The molecular formula is C15H37N3Sn. The Labute approximate surface area is 127 Å². The molecule has 0 aliphatic carbocycles. The molecule has 0 aromatic carbocycles. The molecule has 0 radical (unpaired) electrons. The molecule has 0 amide bonds. The molecule has 0 N–H and O–H groups in total. The van der Waals surface area contributed by atoms with Gasteiger partial charge in [-0.1, -0.05) is 0 Å². The predicted octanol–water partition coefficient (Wildman–Crippen LogP) is 3.36. The van der Waals surface area contributed by atoms with Crippen molar-refractivity contribution in [3.8, 4) is 0 Å². The molecule has 0 aliphatic heterocycles. The van der Waals surface area contributed by atoms with E-state index in [0.717, 1.165) is 3.93 Å². The fraction of sp³-hybridized carbons (Fsp3) is 1.00. The molecule has 0 rings (SSSR count). The first-order valence-corrected chi connectivity index (χ1v) is 13.7. The standard InChI is InChI=1S/3C4H10N.C3H7.Sn/c3*1-3-5-4-2;1-3-2;/h3*3-4H2,1-2H3;3H,1-2H3;/q3*-1;;+3. The predicted molar refractivity (Wildman–Crippen MR) is 89.6 cm³/mol. The van der Waals surface area contributed by atoms with Crippen LogP contribution in [0.1, 0.15) is 55.4 Å². The van der Waals surface area contributed by atoms with Crippen LogP contribution < -0.4 is 0 Å². The van der Waals surface area contributed by atoms with Crippen LogP contribution in [-0.2, 0) is 0 Å². The average Bonchev–Trinajstić information content (AvgIpc) is 2.41. The SMILES string of the molecule is CC[N](CC)[Sn]([CH](C)C)([N](CC)CC)[N](CC)CC. The van der Waals surface area contributed by atoms with Gasteiger partial charge in [0, 0.05) is 0 Å². The Morgan fingerprint density at radius 2 is 0.789 bits per heavy atom. The fourth-order valence-electron chi connectivity index (χ4n) is 3.76. The molecule has 0 fully saturated rings. The first kappa shape index (κ1) is 19.7. The van der Waals surface area contributed by atoms with Crippen molar-refractivity contribution in [2.45, 2.75) is 59.3 Å². The van der Waals surface area contributed by atoms with Crippen molar-refractivity contribution >= 4 is 19.2 Å². The number of rotatable bonds is 10. The summed E-state index contributed by atoms with van der Waals surface area (Å²) in [5.74, 6) is 0. The van der Waals surface area contributed by atoms with Crippen molar-refractivity contribution < 1.29 is 0 Å². The summed E-state index contributed by atoms with van der Waals surface area (Å²) in [6.45, 7) is 26.1. The molecule has 4 heteroatoms. The van der Waals surface area contributed by atoms with E-state index in [2.05, 4.69) is 64.8 Å². The molecule has 0 aromatic rings. The van der Waals surface area contributed by atoms with Gasteiger partial charge < -0.3 is 0 Å². The number of nitrogens with zero attached hydrogens (tertiary/aromatic N) is 3. The summed E-state index contributed by atoms with van der Waals surface area (Å²) in [4.78, 5) is 0. The summed E-state index contributed by atoms with van der Waals surface area (Å²) in [7, 11) is 0. The fourth-order valence-corrected chi connectivity index (χ4v) is 21.4. The van der Waals surface area contributed by atoms with Crippen LogP contribution in [0.25, 0.3) is 0 Å². The molecule has 0 saturated carbocycles. The Morgan fingerprint density at radius 3 is 0.895 bits per heavy atom. The molecule has 116 valence electrons. The second kappa shape index (κ2) is 9.59. The van der Waals surface area contributed by atoms with Gasteiger partial charge in [-0.15, -0.1) is 0 Å². The van der Waals surface area contributed by atoms with Crippen molar-refractivity contribution in [1.82, 2.24) is 9.36 Å². The van der Waals surface area contributed by atoms with Crippen LogP contribution in [-0.4, -0.2) is 67.8 Å². The Balaban J connectivity index is 5.84. The third kappa shape index (κ3) is 3.86. The Hall–Kier alpha value is 0.679. The van der Waals surface area contributed by atoms with Gasteiger partial charge in [0.15, 0.2) is 0 Å². The minimum absolute atomic E-state index is 0.786. The molecule has 0 atom stereocenters. The molecule has 0 heterocycles. The minimum atomic E-state index is -2.69. The molecule has 0 aromatic heterocycles. The van der Waals surface area contributed by atoms with Crippen LogP contribution in [0.4, 0.5) is 0 Å². The summed E-state index contributed by atoms with van der Waals surface area (Å²) in [5.41, 5.74) is 0. The van der Waals surface area contributed by atoms with Gasteiger partial charge >= 0.3 is 127 Å². The van der Waals surface area contributed by atoms with E-state index in [1.165, 1.54) is 39.3 Å². The van der Waals surface area contributed by atoms with Gasteiger partial charge in [-0.2, -0.15) is 0 Å². The van der Waals surface area contributed by atoms with Crippen LogP contribution in [0.5, 0.6) is 0 Å². The van der Waals surface area contributed by atoms with Gasteiger partial charge in [0.05, 0.1) is 0 Å². The summed E-state index contributed by atoms with van der Waals surface area (Å²) >= 11 is -2.69. The number of hydrogen-bond acceptors (Lipinski definition) is 3. The topological polar surface area (TPSA) is 9.72 Å². The van der Waals surface area contributed by atoms with Crippen LogP contribution in [0.15, 0.2) is 0 Å². The zero-order valence-corrected chi connectivity index (χ0v) is 17.5. The van der Waals surface area contributed by atoms with E-state index in [1.807, 2.05) is 0 Å². The summed E-state index contributed by atoms with van der Waals surface area (Å²) in [5, 5.41) is 0. The molecule has 3 nitrogen and oxygen atoms in total. The maximum absolute atomic E-state index is 2.85. The van der Waals surface area contributed by atoms with E-state index >= 15 is 0 Å². The second-order valence-corrected chi connectivity index (χ2v) is 18.0. The van der Waals surface area contributed by atoms with Crippen molar-refractivity contribution in [3.05, 3.63) is 0 Å². The molecule has 0 bridgehead atoms. The van der Waals surface area contributed by atoms with Gasteiger partial charge in [-0.3, -0.25) is 0 Å². The summed E-state index contributed by atoms with van der Waals surface area (Å²) < 4.78 is 9.33. The zero-order chi connectivity index (χ0) is 15.1. The summed E-state index contributed by atoms with van der Waals surface area (Å²) in [6, 6.07) is 0. The maximum atomic E-state index is 2.85. The van der Waals surface area contributed by atoms with Gasteiger partial charge in [-0.25, -0.2) is 0 Å². The van der Waals surface area contributed by atoms with E-state index in [0.29, 0.717) is 0 Å². The summed E-state index contributed by atoms with van der Waals surface area (Å²) in [6.07, 6.45) is 0. The van der Waals surface area contributed by atoms with E-state index < -0.39 is 19.2 Å². The van der Waals surface area contributed by atoms with Gasteiger partial charge in [0.2, 0.25) is 0 Å². The van der Waals surface area contributed by atoms with Crippen LogP contribution in [0, 0.1) is 0 Å². The van der Waals surface area contributed by atoms with E-state index in [-0.39, 0.29) is 0 Å². The molecule has 0 unspecified atom stereocenters. The quantitative estimate of drug-likeness (QED) is 0.540. The van der Waals surface area contributed by atoms with Crippen molar-refractivity contribution in [3.63, 3.8) is 0 Å². The normalized spacial score (nSPS) is 13.3. The molecule has 19 heavy (non-hydrogen) atoms. The average molecular weight is 378 g/mol. The third-order valence-electron chi connectivity index (χ3n) is 4.46. The van der Waals surface area contributed by atoms with Crippen LogP contribution in [0.3, 0.4) is 0 Å². The van der Waals surface area contributed by atoms with E-state index in [9.17, 15) is 0 Å². The van der Waals surface area contributed by atoms with E-state index in [1.54, 1.807) is 0 Å². The Morgan fingerprint density at radius 1 is 0.579 bits per heavy atom. The van der Waals surface area contributed by atoms with Crippen molar-refractivity contribution in [1.29, 1.82) is 0 Å². The first-order valence-electron chi connectivity index (χ1n) is 8.25. The van der Waals surface area contributed by atoms with Crippen molar-refractivity contribution in [2.75, 3.05) is 39.3 Å². The molecule has 0 spiro atoms. The Kier molecular flexibility index (Phi) is 9.93. The van der Waals surface area contributed by atoms with Gasteiger partial charge in [0.1, 0.15) is 0 Å².